The third-order valence-electron chi connectivity index (χ3n) is 3.40. The van der Waals surface area contributed by atoms with Crippen molar-refractivity contribution in [1.82, 2.24) is 10.3 Å². The summed E-state index contributed by atoms with van der Waals surface area (Å²) in [6, 6.07) is 7.74. The Bertz CT molecular complexity index is 593. The maximum atomic E-state index is 10.0. The Morgan fingerprint density at radius 2 is 2.10 bits per heavy atom. The van der Waals surface area contributed by atoms with Crippen LogP contribution in [0.1, 0.15) is 26.3 Å². The molecule has 0 radical (unpaired) electrons. The van der Waals surface area contributed by atoms with Crippen LogP contribution in [0.2, 0.25) is 5.02 Å². The second-order valence-electron chi connectivity index (χ2n) is 6.15. The predicted molar refractivity (Wildman–Crippen MR) is 83.9 cm³/mol. The van der Waals surface area contributed by atoms with Crippen LogP contribution in [0.25, 0.3) is 10.9 Å². The summed E-state index contributed by atoms with van der Waals surface area (Å²) in [5.74, 6) is 0. The van der Waals surface area contributed by atoms with Crippen molar-refractivity contribution < 1.29 is 5.11 Å². The molecule has 0 spiro atoms. The molecule has 0 aliphatic rings. The van der Waals surface area contributed by atoms with Gasteiger partial charge >= 0.3 is 0 Å². The van der Waals surface area contributed by atoms with Gasteiger partial charge in [0.2, 0.25) is 0 Å². The topological polar surface area (TPSA) is 45.1 Å². The highest BCUT2D eigenvalue weighted by molar-refractivity contribution is 6.31. The van der Waals surface area contributed by atoms with Crippen LogP contribution in [0.5, 0.6) is 0 Å². The van der Waals surface area contributed by atoms with Crippen molar-refractivity contribution in [2.45, 2.75) is 33.4 Å². The summed E-state index contributed by atoms with van der Waals surface area (Å²) in [5, 5.41) is 15.0. The van der Waals surface area contributed by atoms with Crippen molar-refractivity contribution in [1.29, 1.82) is 0 Å². The van der Waals surface area contributed by atoms with Crippen molar-refractivity contribution in [3.8, 4) is 0 Å². The first kappa shape index (κ1) is 15.2. The van der Waals surface area contributed by atoms with Crippen molar-refractivity contribution in [3.05, 3.63) is 41.0 Å². The zero-order valence-electron chi connectivity index (χ0n) is 12.2. The van der Waals surface area contributed by atoms with Gasteiger partial charge in [0.1, 0.15) is 0 Å². The van der Waals surface area contributed by atoms with Gasteiger partial charge in [0.15, 0.2) is 0 Å². The molecule has 0 aliphatic heterocycles. The molecule has 1 atom stereocenters. The zero-order chi connectivity index (χ0) is 14.8. The van der Waals surface area contributed by atoms with Crippen LogP contribution >= 0.6 is 11.6 Å². The number of aromatic nitrogens is 1. The van der Waals surface area contributed by atoms with Crippen LogP contribution in [-0.4, -0.2) is 22.7 Å². The van der Waals surface area contributed by atoms with E-state index in [4.69, 9.17) is 11.6 Å². The molecule has 108 valence electrons. The number of hydrogen-bond acceptors (Lipinski definition) is 3. The van der Waals surface area contributed by atoms with Crippen molar-refractivity contribution in [2.24, 2.45) is 5.41 Å². The highest BCUT2D eigenvalue weighted by Gasteiger charge is 2.21. The fraction of sp³-hybridized carbons (Fsp3) is 0.438. The van der Waals surface area contributed by atoms with Gasteiger partial charge in [-0.05, 0) is 29.2 Å². The van der Waals surface area contributed by atoms with Gasteiger partial charge < -0.3 is 10.4 Å². The monoisotopic (exact) mass is 292 g/mol. The molecule has 0 saturated heterocycles. The molecule has 20 heavy (non-hydrogen) atoms. The van der Waals surface area contributed by atoms with Crippen LogP contribution in [0, 0.1) is 5.41 Å². The molecule has 1 heterocycles. The number of hydrogen-bond donors (Lipinski definition) is 2. The molecule has 0 aliphatic carbocycles. The molecular formula is C16H21ClN2O. The van der Waals surface area contributed by atoms with Crippen LogP contribution in [0.4, 0.5) is 0 Å². The van der Waals surface area contributed by atoms with E-state index in [0.29, 0.717) is 18.1 Å². The van der Waals surface area contributed by atoms with Crippen LogP contribution in [0.3, 0.4) is 0 Å². The lowest BCUT2D eigenvalue weighted by Gasteiger charge is -2.26. The third-order valence-corrected chi connectivity index (χ3v) is 3.62. The lowest BCUT2D eigenvalue weighted by atomic mass is 9.89. The summed E-state index contributed by atoms with van der Waals surface area (Å²) >= 11 is 6.13. The van der Waals surface area contributed by atoms with Gasteiger partial charge in [-0.1, -0.05) is 38.4 Å². The number of aliphatic hydroxyl groups is 1. The molecule has 0 fully saturated rings. The number of benzene rings is 1. The van der Waals surface area contributed by atoms with E-state index >= 15 is 0 Å². The fourth-order valence-corrected chi connectivity index (χ4v) is 2.26. The number of rotatable bonds is 4. The standard InChI is InChI=1S/C16H21ClN2O/c1-16(2,3)14(20)10-18-9-12-8-13(17)7-11-5-4-6-19-15(11)12/h4-8,14,18,20H,9-10H2,1-3H3. The van der Waals surface area contributed by atoms with Gasteiger partial charge in [-0.3, -0.25) is 4.98 Å². The van der Waals surface area contributed by atoms with Crippen LogP contribution in [-0.2, 0) is 6.54 Å². The first-order valence-electron chi connectivity index (χ1n) is 6.80. The third kappa shape index (κ3) is 3.69. The minimum Gasteiger partial charge on any atom is -0.391 e. The maximum Gasteiger partial charge on any atom is 0.0747 e. The Hall–Kier alpha value is -1.16. The molecular weight excluding hydrogens is 272 g/mol. The lowest BCUT2D eigenvalue weighted by molar-refractivity contribution is 0.0628. The van der Waals surface area contributed by atoms with E-state index < -0.39 is 0 Å². The van der Waals surface area contributed by atoms with Crippen LogP contribution < -0.4 is 5.32 Å². The van der Waals surface area contributed by atoms with E-state index in [9.17, 15) is 5.11 Å². The number of pyridine rings is 1. The van der Waals surface area contributed by atoms with Gasteiger partial charge in [-0.2, -0.15) is 0 Å². The SMILES string of the molecule is CC(C)(C)C(O)CNCc1cc(Cl)cc2cccnc12. The Labute approximate surface area is 125 Å². The van der Waals surface area contributed by atoms with Gasteiger partial charge in [-0.25, -0.2) is 0 Å². The van der Waals surface area contributed by atoms with Crippen molar-refractivity contribution >= 4 is 22.5 Å². The van der Waals surface area contributed by atoms with Gasteiger partial charge in [0.25, 0.3) is 0 Å². The van der Waals surface area contributed by atoms with E-state index in [1.165, 1.54) is 0 Å². The number of halogens is 1. The van der Waals surface area contributed by atoms with Crippen molar-refractivity contribution in [2.75, 3.05) is 6.54 Å². The van der Waals surface area contributed by atoms with E-state index in [-0.39, 0.29) is 11.5 Å². The summed E-state index contributed by atoms with van der Waals surface area (Å²) in [5.41, 5.74) is 1.88. The van der Waals surface area contributed by atoms with E-state index in [0.717, 1.165) is 16.5 Å². The minimum absolute atomic E-state index is 0.123. The molecule has 1 aromatic heterocycles. The molecule has 2 aromatic rings. The summed E-state index contributed by atoms with van der Waals surface area (Å²) in [6.45, 7) is 7.26. The number of nitrogens with one attached hydrogen (secondary N) is 1. The molecule has 2 N–H and O–H groups in total. The largest absolute Gasteiger partial charge is 0.391 e. The Morgan fingerprint density at radius 3 is 2.80 bits per heavy atom. The fourth-order valence-electron chi connectivity index (χ4n) is 2.01. The summed E-state index contributed by atoms with van der Waals surface area (Å²) in [7, 11) is 0. The van der Waals surface area contributed by atoms with Crippen LogP contribution in [0.15, 0.2) is 30.5 Å². The smallest absolute Gasteiger partial charge is 0.0747 e. The van der Waals surface area contributed by atoms with E-state index in [1.807, 2.05) is 45.0 Å². The molecule has 0 saturated carbocycles. The highest BCUT2D eigenvalue weighted by Crippen LogP contribution is 2.22. The predicted octanol–water partition coefficient (Wildman–Crippen LogP) is 3.38. The normalized spacial score (nSPS) is 13.7. The minimum atomic E-state index is -0.388. The first-order valence-corrected chi connectivity index (χ1v) is 7.17. The molecule has 3 nitrogen and oxygen atoms in total. The molecule has 0 amide bonds. The van der Waals surface area contributed by atoms with Gasteiger partial charge in [0, 0.05) is 29.7 Å². The Balaban J connectivity index is 2.10. The average molecular weight is 293 g/mol. The second kappa shape index (κ2) is 6.08. The maximum absolute atomic E-state index is 10.0. The first-order chi connectivity index (χ1) is 9.38. The zero-order valence-corrected chi connectivity index (χ0v) is 12.9. The molecule has 1 unspecified atom stereocenters. The summed E-state index contributed by atoms with van der Waals surface area (Å²) < 4.78 is 0. The van der Waals surface area contributed by atoms with Crippen molar-refractivity contribution in [3.63, 3.8) is 0 Å². The Kier molecular flexibility index (Phi) is 4.63. The van der Waals surface area contributed by atoms with Gasteiger partial charge in [0.05, 0.1) is 11.6 Å². The van der Waals surface area contributed by atoms with Gasteiger partial charge in [-0.15, -0.1) is 0 Å². The van der Waals surface area contributed by atoms with E-state index in [2.05, 4.69) is 10.3 Å². The molecule has 0 bridgehead atoms. The lowest BCUT2D eigenvalue weighted by Crippen LogP contribution is -2.36. The summed E-state index contributed by atoms with van der Waals surface area (Å²) in [6.07, 6.45) is 1.39. The quantitative estimate of drug-likeness (QED) is 0.908. The number of nitrogens with zero attached hydrogens (tertiary/aromatic N) is 1. The van der Waals surface area contributed by atoms with E-state index in [1.54, 1.807) is 6.20 Å². The number of aliphatic hydroxyl groups excluding tert-OH is 1. The molecule has 4 heteroatoms. The Morgan fingerprint density at radius 1 is 1.35 bits per heavy atom. The highest BCUT2D eigenvalue weighted by atomic mass is 35.5. The molecule has 2 rings (SSSR count). The summed E-state index contributed by atoms with van der Waals surface area (Å²) in [4.78, 5) is 4.41. The second-order valence-corrected chi connectivity index (χ2v) is 6.59. The number of fused-ring (bicyclic) bond motifs is 1. The molecule has 1 aromatic carbocycles. The average Bonchev–Trinajstić information content (AvgIpc) is 2.37.